The van der Waals surface area contributed by atoms with E-state index in [4.69, 9.17) is 4.74 Å². The average Bonchev–Trinajstić information content (AvgIpc) is 3.18. The number of likely N-dealkylation sites (N-methyl/N-ethyl adjacent to an activating group) is 1. The van der Waals surface area contributed by atoms with E-state index in [1.165, 1.54) is 20.9 Å². The summed E-state index contributed by atoms with van der Waals surface area (Å²) in [5, 5.41) is 2.15. The van der Waals surface area contributed by atoms with E-state index in [1.54, 1.807) is 11.8 Å². The molecule has 1 unspecified atom stereocenters. The number of ether oxygens (including phenoxy) is 1. The number of nitrogens with zero attached hydrogens (tertiary/aromatic N) is 1. The molecule has 0 fully saturated rings. The van der Waals surface area contributed by atoms with E-state index in [-0.39, 0.29) is 5.92 Å². The highest BCUT2D eigenvalue weighted by atomic mass is 32.2. The Bertz CT molecular complexity index is 780. The molecule has 1 aromatic heterocycles. The van der Waals surface area contributed by atoms with Gasteiger partial charge in [0.05, 0.1) is 0 Å². The van der Waals surface area contributed by atoms with Crippen LogP contribution < -0.4 is 4.74 Å². The lowest BCUT2D eigenvalue weighted by atomic mass is 9.90. The van der Waals surface area contributed by atoms with Crippen molar-refractivity contribution in [2.45, 2.75) is 10.8 Å². The van der Waals surface area contributed by atoms with Gasteiger partial charge in [0.15, 0.2) is 0 Å². The molecule has 0 aliphatic heterocycles. The quantitative estimate of drug-likeness (QED) is 0.470. The molecule has 1 heterocycles. The minimum Gasteiger partial charge on any atom is -0.492 e. The molecule has 2 nitrogen and oxygen atoms in total. The summed E-state index contributed by atoms with van der Waals surface area (Å²) < 4.78 is 5.84. The summed E-state index contributed by atoms with van der Waals surface area (Å²) in [6, 6.07) is 21.8. The molecular formula is C22H25NOS2. The zero-order valence-electron chi connectivity index (χ0n) is 15.5. The second kappa shape index (κ2) is 9.26. The van der Waals surface area contributed by atoms with Crippen LogP contribution in [-0.4, -0.2) is 38.4 Å². The van der Waals surface area contributed by atoms with Crippen LogP contribution >= 0.6 is 23.1 Å². The summed E-state index contributed by atoms with van der Waals surface area (Å²) in [4.78, 5) is 4.78. The van der Waals surface area contributed by atoms with Gasteiger partial charge in [0.2, 0.25) is 0 Å². The van der Waals surface area contributed by atoms with E-state index in [2.05, 4.69) is 91.3 Å². The Hall–Kier alpha value is -1.75. The van der Waals surface area contributed by atoms with E-state index < -0.39 is 0 Å². The maximum Gasteiger partial charge on any atom is 0.119 e. The van der Waals surface area contributed by atoms with Crippen LogP contribution in [0, 0.1) is 0 Å². The lowest BCUT2D eigenvalue weighted by Crippen LogP contribution is -2.19. The fourth-order valence-corrected chi connectivity index (χ4v) is 4.16. The Labute approximate surface area is 164 Å². The molecule has 0 spiro atoms. The molecule has 0 saturated heterocycles. The van der Waals surface area contributed by atoms with Gasteiger partial charge in [-0.15, -0.1) is 23.1 Å². The van der Waals surface area contributed by atoms with Gasteiger partial charge in [-0.1, -0.05) is 30.3 Å². The topological polar surface area (TPSA) is 12.5 Å². The van der Waals surface area contributed by atoms with Gasteiger partial charge in [-0.3, -0.25) is 0 Å². The van der Waals surface area contributed by atoms with Gasteiger partial charge >= 0.3 is 0 Å². The Kier molecular flexibility index (Phi) is 6.78. The van der Waals surface area contributed by atoms with Gasteiger partial charge in [0.25, 0.3) is 0 Å². The van der Waals surface area contributed by atoms with Gasteiger partial charge in [-0.25, -0.2) is 0 Å². The lowest BCUT2D eigenvalue weighted by molar-refractivity contribution is 0.261. The van der Waals surface area contributed by atoms with Gasteiger partial charge in [0.1, 0.15) is 12.4 Å². The molecule has 26 heavy (non-hydrogen) atoms. The fourth-order valence-electron chi connectivity index (χ4n) is 2.88. The molecule has 0 amide bonds. The van der Waals surface area contributed by atoms with Crippen molar-refractivity contribution < 1.29 is 4.74 Å². The molecule has 0 radical (unpaired) electrons. The van der Waals surface area contributed by atoms with Crippen LogP contribution in [0.2, 0.25) is 0 Å². The molecule has 0 aliphatic rings. The van der Waals surface area contributed by atoms with Crippen molar-refractivity contribution >= 4 is 23.1 Å². The minimum atomic E-state index is 0.265. The molecule has 3 aromatic rings. The molecular weight excluding hydrogens is 358 g/mol. The van der Waals surface area contributed by atoms with Crippen LogP contribution in [0.25, 0.3) is 0 Å². The maximum atomic E-state index is 5.84. The first-order valence-electron chi connectivity index (χ1n) is 8.72. The van der Waals surface area contributed by atoms with Crippen LogP contribution in [0.5, 0.6) is 5.75 Å². The van der Waals surface area contributed by atoms with E-state index in [1.807, 2.05) is 11.3 Å². The Morgan fingerprint density at radius 2 is 1.62 bits per heavy atom. The van der Waals surface area contributed by atoms with Gasteiger partial charge < -0.3 is 9.64 Å². The summed E-state index contributed by atoms with van der Waals surface area (Å²) >= 11 is 3.59. The van der Waals surface area contributed by atoms with Crippen molar-refractivity contribution in [3.8, 4) is 5.75 Å². The standard InChI is InChI=1S/C22H25NOS2/c1-23(2)14-15-24-19-10-6-17(7-11-19)22(21-5-4-16-26-21)18-8-12-20(25-3)13-9-18/h4-13,16,22H,14-15H2,1-3H3. The largest absolute Gasteiger partial charge is 0.492 e. The lowest BCUT2D eigenvalue weighted by Gasteiger charge is -2.18. The van der Waals surface area contributed by atoms with E-state index >= 15 is 0 Å². The number of thiophene rings is 1. The predicted molar refractivity (Wildman–Crippen MR) is 114 cm³/mol. The Morgan fingerprint density at radius 1 is 0.962 bits per heavy atom. The molecule has 4 heteroatoms. The van der Waals surface area contributed by atoms with Crippen molar-refractivity contribution in [2.24, 2.45) is 0 Å². The van der Waals surface area contributed by atoms with Crippen molar-refractivity contribution in [1.82, 2.24) is 4.90 Å². The summed E-state index contributed by atoms with van der Waals surface area (Å²) in [7, 11) is 4.11. The SMILES string of the molecule is CSc1ccc(C(c2ccc(OCCN(C)C)cc2)c2cccs2)cc1. The molecule has 136 valence electrons. The van der Waals surface area contributed by atoms with Crippen molar-refractivity contribution in [3.63, 3.8) is 0 Å². The van der Waals surface area contributed by atoms with E-state index in [9.17, 15) is 0 Å². The molecule has 0 bridgehead atoms. The zero-order valence-corrected chi connectivity index (χ0v) is 17.1. The number of rotatable bonds is 8. The number of hydrogen-bond acceptors (Lipinski definition) is 4. The monoisotopic (exact) mass is 383 g/mol. The summed E-state index contributed by atoms with van der Waals surface area (Å²) in [5.74, 6) is 1.19. The van der Waals surface area contributed by atoms with E-state index in [0.29, 0.717) is 6.61 Å². The summed E-state index contributed by atoms with van der Waals surface area (Å²) in [5.41, 5.74) is 2.62. The summed E-state index contributed by atoms with van der Waals surface area (Å²) in [6.07, 6.45) is 2.11. The highest BCUT2D eigenvalue weighted by molar-refractivity contribution is 7.98. The Balaban J connectivity index is 1.83. The van der Waals surface area contributed by atoms with Crippen LogP contribution in [-0.2, 0) is 0 Å². The van der Waals surface area contributed by atoms with Gasteiger partial charge in [-0.05, 0) is 67.2 Å². The second-order valence-corrected chi connectivity index (χ2v) is 8.30. The molecule has 0 aliphatic carbocycles. The first-order valence-corrected chi connectivity index (χ1v) is 10.8. The third-order valence-electron chi connectivity index (χ3n) is 4.30. The molecule has 0 N–H and O–H groups in total. The van der Waals surface area contributed by atoms with Gasteiger partial charge in [0, 0.05) is 22.2 Å². The van der Waals surface area contributed by atoms with Crippen molar-refractivity contribution in [3.05, 3.63) is 82.0 Å². The highest BCUT2D eigenvalue weighted by Crippen LogP contribution is 2.36. The van der Waals surface area contributed by atoms with Crippen molar-refractivity contribution in [2.75, 3.05) is 33.5 Å². The zero-order chi connectivity index (χ0) is 18.4. The second-order valence-electron chi connectivity index (χ2n) is 6.44. The normalized spacial score (nSPS) is 12.3. The molecule has 2 aromatic carbocycles. The molecule has 0 saturated carbocycles. The first-order chi connectivity index (χ1) is 12.7. The van der Waals surface area contributed by atoms with Crippen LogP contribution in [0.3, 0.4) is 0 Å². The predicted octanol–water partition coefficient (Wildman–Crippen LogP) is 5.59. The minimum absolute atomic E-state index is 0.265. The number of thioether (sulfide) groups is 1. The third-order valence-corrected chi connectivity index (χ3v) is 5.98. The van der Waals surface area contributed by atoms with Crippen LogP contribution in [0.15, 0.2) is 70.9 Å². The smallest absolute Gasteiger partial charge is 0.119 e. The number of benzene rings is 2. The van der Waals surface area contributed by atoms with Gasteiger partial charge in [-0.2, -0.15) is 0 Å². The third kappa shape index (κ3) is 4.91. The number of hydrogen-bond donors (Lipinski definition) is 0. The average molecular weight is 384 g/mol. The van der Waals surface area contributed by atoms with E-state index in [0.717, 1.165) is 12.3 Å². The Morgan fingerprint density at radius 3 is 2.15 bits per heavy atom. The van der Waals surface area contributed by atoms with Crippen LogP contribution in [0.1, 0.15) is 21.9 Å². The summed E-state index contributed by atoms with van der Waals surface area (Å²) in [6.45, 7) is 1.62. The van der Waals surface area contributed by atoms with Crippen molar-refractivity contribution in [1.29, 1.82) is 0 Å². The first kappa shape index (κ1) is 19.0. The highest BCUT2D eigenvalue weighted by Gasteiger charge is 2.18. The molecule has 3 rings (SSSR count). The maximum absolute atomic E-state index is 5.84. The molecule has 1 atom stereocenters. The van der Waals surface area contributed by atoms with Crippen LogP contribution in [0.4, 0.5) is 0 Å². The fraction of sp³-hybridized carbons (Fsp3) is 0.273.